The molecule has 0 aliphatic carbocycles. The third kappa shape index (κ3) is 1.57. The summed E-state index contributed by atoms with van der Waals surface area (Å²) in [5.41, 5.74) is 2.35. The van der Waals surface area contributed by atoms with Crippen LogP contribution in [0.3, 0.4) is 0 Å². The van der Waals surface area contributed by atoms with E-state index < -0.39 is 5.97 Å². The van der Waals surface area contributed by atoms with Crippen molar-refractivity contribution in [1.29, 1.82) is 0 Å². The number of hydrogen-bond acceptors (Lipinski definition) is 2. The van der Waals surface area contributed by atoms with Crippen LogP contribution < -0.4 is 0 Å². The van der Waals surface area contributed by atoms with Crippen LogP contribution >= 0.6 is 0 Å². The van der Waals surface area contributed by atoms with Crippen molar-refractivity contribution < 1.29 is 9.90 Å². The fourth-order valence-electron chi connectivity index (χ4n) is 1.40. The average Bonchev–Trinajstić information content (AvgIpc) is 2.41. The quantitative estimate of drug-likeness (QED) is 0.730. The first kappa shape index (κ1) is 8.69. The molecule has 2 rings (SSSR count). The largest absolute Gasteiger partial charge is 0.478 e. The number of aromatic carboxylic acids is 1. The predicted molar refractivity (Wildman–Crippen MR) is 54.6 cm³/mol. The van der Waals surface area contributed by atoms with Crippen LogP contribution in [0, 0.1) is 0 Å². The zero-order valence-corrected chi connectivity index (χ0v) is 7.47. The third-order valence-corrected chi connectivity index (χ3v) is 2.15. The number of benzene rings is 1. The molecule has 1 aromatic rings. The predicted octanol–water partition coefficient (Wildman–Crippen LogP) is 1.98. The molecule has 1 N–H and O–H groups in total. The Bertz CT molecular complexity index is 433. The highest BCUT2D eigenvalue weighted by Crippen LogP contribution is 2.16. The van der Waals surface area contributed by atoms with E-state index in [2.05, 4.69) is 4.99 Å². The normalized spacial score (nSPS) is 13.4. The van der Waals surface area contributed by atoms with Crippen LogP contribution in [0.5, 0.6) is 0 Å². The molecule has 0 amide bonds. The van der Waals surface area contributed by atoms with E-state index in [4.69, 9.17) is 5.11 Å². The first-order valence-electron chi connectivity index (χ1n) is 4.32. The molecule has 1 aliphatic heterocycles. The summed E-state index contributed by atoms with van der Waals surface area (Å²) in [7, 11) is 0. The van der Waals surface area contributed by atoms with Gasteiger partial charge in [-0.05, 0) is 29.3 Å². The number of hydrogen-bond donors (Lipinski definition) is 1. The monoisotopic (exact) mass is 187 g/mol. The SMILES string of the molecule is O=C(O)c1ccc2c(c1)C=CN=CC2. The third-order valence-electron chi connectivity index (χ3n) is 2.15. The van der Waals surface area contributed by atoms with Crippen molar-refractivity contribution in [3.05, 3.63) is 41.1 Å². The van der Waals surface area contributed by atoms with Crippen LogP contribution in [-0.4, -0.2) is 17.3 Å². The maximum absolute atomic E-state index is 10.7. The summed E-state index contributed by atoms with van der Waals surface area (Å²) in [5, 5.41) is 8.80. The molecule has 0 spiro atoms. The second-order valence-electron chi connectivity index (χ2n) is 3.07. The van der Waals surface area contributed by atoms with Crippen LogP contribution in [0.15, 0.2) is 29.4 Å². The molecule has 0 aromatic heterocycles. The molecule has 70 valence electrons. The minimum absolute atomic E-state index is 0.315. The molecule has 0 radical (unpaired) electrons. The molecule has 14 heavy (non-hydrogen) atoms. The van der Waals surface area contributed by atoms with Gasteiger partial charge in [0.25, 0.3) is 0 Å². The molecule has 0 fully saturated rings. The molecule has 0 bridgehead atoms. The molecular weight excluding hydrogens is 178 g/mol. The zero-order chi connectivity index (χ0) is 9.97. The van der Waals surface area contributed by atoms with Crippen molar-refractivity contribution in [3.63, 3.8) is 0 Å². The Labute approximate surface area is 81.4 Å². The fourth-order valence-corrected chi connectivity index (χ4v) is 1.40. The average molecular weight is 187 g/mol. The highest BCUT2D eigenvalue weighted by molar-refractivity contribution is 5.89. The Morgan fingerprint density at radius 2 is 2.29 bits per heavy atom. The molecule has 1 heterocycles. The summed E-state index contributed by atoms with van der Waals surface area (Å²) < 4.78 is 0. The molecule has 1 aromatic carbocycles. The van der Waals surface area contributed by atoms with E-state index in [0.29, 0.717) is 5.56 Å². The van der Waals surface area contributed by atoms with Crippen LogP contribution in [-0.2, 0) is 6.42 Å². The van der Waals surface area contributed by atoms with Crippen LogP contribution in [0.2, 0.25) is 0 Å². The van der Waals surface area contributed by atoms with Crippen LogP contribution in [0.1, 0.15) is 21.5 Å². The lowest BCUT2D eigenvalue weighted by Gasteiger charge is -2.02. The summed E-state index contributed by atoms with van der Waals surface area (Å²) in [6.45, 7) is 0. The van der Waals surface area contributed by atoms with Gasteiger partial charge in [0.2, 0.25) is 0 Å². The van der Waals surface area contributed by atoms with Gasteiger partial charge in [-0.1, -0.05) is 6.07 Å². The molecule has 0 unspecified atom stereocenters. The van der Waals surface area contributed by atoms with Crippen molar-refractivity contribution in [2.24, 2.45) is 4.99 Å². The lowest BCUT2D eigenvalue weighted by molar-refractivity contribution is 0.0697. The Morgan fingerprint density at radius 1 is 1.43 bits per heavy atom. The number of aliphatic imine (C=N–C) groups is 1. The molecule has 0 saturated heterocycles. The van der Waals surface area contributed by atoms with E-state index in [9.17, 15) is 4.79 Å². The van der Waals surface area contributed by atoms with Gasteiger partial charge in [0, 0.05) is 18.8 Å². The first-order chi connectivity index (χ1) is 6.77. The van der Waals surface area contributed by atoms with Crippen molar-refractivity contribution in [3.8, 4) is 0 Å². The lowest BCUT2D eigenvalue weighted by Crippen LogP contribution is -1.98. The van der Waals surface area contributed by atoms with Gasteiger partial charge in [-0.15, -0.1) is 0 Å². The van der Waals surface area contributed by atoms with Gasteiger partial charge in [-0.3, -0.25) is 4.99 Å². The zero-order valence-electron chi connectivity index (χ0n) is 7.47. The number of fused-ring (bicyclic) bond motifs is 1. The van der Waals surface area contributed by atoms with E-state index in [1.54, 1.807) is 18.3 Å². The maximum atomic E-state index is 10.7. The topological polar surface area (TPSA) is 49.7 Å². The lowest BCUT2D eigenvalue weighted by atomic mass is 10.0. The summed E-state index contributed by atoms with van der Waals surface area (Å²) in [4.78, 5) is 14.7. The molecule has 3 heteroatoms. The van der Waals surface area contributed by atoms with Gasteiger partial charge >= 0.3 is 5.97 Å². The summed E-state index contributed by atoms with van der Waals surface area (Å²) >= 11 is 0. The fraction of sp³-hybridized carbons (Fsp3) is 0.0909. The maximum Gasteiger partial charge on any atom is 0.335 e. The van der Waals surface area contributed by atoms with Crippen LogP contribution in [0.25, 0.3) is 6.08 Å². The number of nitrogens with zero attached hydrogens (tertiary/aromatic N) is 1. The highest BCUT2D eigenvalue weighted by Gasteiger charge is 2.06. The van der Waals surface area contributed by atoms with E-state index in [1.165, 1.54) is 0 Å². The van der Waals surface area contributed by atoms with Crippen molar-refractivity contribution in [2.45, 2.75) is 6.42 Å². The standard InChI is InChI=1S/C11H9NO2/c13-11(14)10-2-1-8-3-5-12-6-4-9(8)7-10/h1-2,4-7H,3H2,(H,13,14). The second kappa shape index (κ2) is 3.46. The number of carboxylic acids is 1. The summed E-state index contributed by atoms with van der Waals surface area (Å²) in [6, 6.07) is 5.12. The van der Waals surface area contributed by atoms with E-state index in [-0.39, 0.29) is 0 Å². The van der Waals surface area contributed by atoms with Gasteiger partial charge in [0.15, 0.2) is 0 Å². The van der Waals surface area contributed by atoms with Crippen molar-refractivity contribution >= 4 is 18.3 Å². The van der Waals surface area contributed by atoms with Gasteiger partial charge in [-0.25, -0.2) is 4.79 Å². The summed E-state index contributed by atoms with van der Waals surface area (Å²) in [5.74, 6) is -0.897. The molecule has 1 aliphatic rings. The van der Waals surface area contributed by atoms with Crippen LogP contribution in [0.4, 0.5) is 0 Å². The Balaban J connectivity index is 2.49. The Morgan fingerprint density at radius 3 is 3.07 bits per heavy atom. The minimum atomic E-state index is -0.897. The molecule has 0 saturated carbocycles. The second-order valence-corrected chi connectivity index (χ2v) is 3.07. The van der Waals surface area contributed by atoms with E-state index in [1.807, 2.05) is 18.4 Å². The first-order valence-corrected chi connectivity index (χ1v) is 4.32. The van der Waals surface area contributed by atoms with Crippen molar-refractivity contribution in [1.82, 2.24) is 0 Å². The van der Waals surface area contributed by atoms with Gasteiger partial charge < -0.3 is 5.11 Å². The smallest absolute Gasteiger partial charge is 0.335 e. The van der Waals surface area contributed by atoms with E-state index >= 15 is 0 Å². The highest BCUT2D eigenvalue weighted by atomic mass is 16.4. The number of rotatable bonds is 1. The van der Waals surface area contributed by atoms with Gasteiger partial charge in [0.05, 0.1) is 5.56 Å². The minimum Gasteiger partial charge on any atom is -0.478 e. The van der Waals surface area contributed by atoms with E-state index in [0.717, 1.165) is 17.5 Å². The van der Waals surface area contributed by atoms with Gasteiger partial charge in [-0.2, -0.15) is 0 Å². The Kier molecular flexibility index (Phi) is 2.14. The molecular formula is C11H9NO2. The van der Waals surface area contributed by atoms with Gasteiger partial charge in [0.1, 0.15) is 0 Å². The number of carbonyl (C=O) groups is 1. The van der Waals surface area contributed by atoms with Crippen molar-refractivity contribution in [2.75, 3.05) is 0 Å². The molecule has 3 nitrogen and oxygen atoms in total. The number of carboxylic acid groups (broad SMARTS) is 1. The molecule has 0 atom stereocenters. The summed E-state index contributed by atoms with van der Waals surface area (Å²) in [6.07, 6.45) is 6.06. The Hall–Kier alpha value is -1.90.